The number of halogens is 3. The van der Waals surface area contributed by atoms with Crippen LogP contribution in [0.25, 0.3) is 5.69 Å². The van der Waals surface area contributed by atoms with Crippen LogP contribution in [0.1, 0.15) is 16.2 Å². The summed E-state index contributed by atoms with van der Waals surface area (Å²) in [6, 6.07) is 9.30. The van der Waals surface area contributed by atoms with Gasteiger partial charge in [0.05, 0.1) is 12.2 Å². The Morgan fingerprint density at radius 3 is 2.34 bits per heavy atom. The number of tetrazole rings is 1. The zero-order chi connectivity index (χ0) is 20.4. The highest BCUT2D eigenvalue weighted by Crippen LogP contribution is 2.17. The van der Waals surface area contributed by atoms with Crippen molar-refractivity contribution in [2.45, 2.75) is 6.54 Å². The average Bonchev–Trinajstić information content (AvgIpc) is 3.16. The smallest absolute Gasteiger partial charge is 0.259 e. The molecule has 0 spiro atoms. The van der Waals surface area contributed by atoms with Gasteiger partial charge in [-0.3, -0.25) is 9.69 Å². The normalized spacial score (nSPS) is 14.9. The quantitative estimate of drug-likeness (QED) is 0.668. The van der Waals surface area contributed by atoms with Crippen molar-refractivity contribution in [3.05, 3.63) is 71.3 Å². The molecule has 0 bridgehead atoms. The molecule has 4 rings (SSSR count). The van der Waals surface area contributed by atoms with Gasteiger partial charge in [0, 0.05) is 26.2 Å². The van der Waals surface area contributed by atoms with Crippen molar-refractivity contribution in [1.29, 1.82) is 0 Å². The Morgan fingerprint density at radius 1 is 0.966 bits per heavy atom. The SMILES string of the molecule is O=C(c1c(F)cccc1F)N1CCN(Cc2nnnn2-c2cccc(F)c2)CC1. The number of benzene rings is 2. The number of hydrogen-bond donors (Lipinski definition) is 0. The maximum absolute atomic E-state index is 13.9. The highest BCUT2D eigenvalue weighted by molar-refractivity contribution is 5.94. The number of nitrogens with zero attached hydrogens (tertiary/aromatic N) is 6. The second-order valence-electron chi connectivity index (χ2n) is 6.65. The van der Waals surface area contributed by atoms with Crippen LogP contribution >= 0.6 is 0 Å². The van der Waals surface area contributed by atoms with Gasteiger partial charge in [0.2, 0.25) is 0 Å². The minimum Gasteiger partial charge on any atom is -0.336 e. The summed E-state index contributed by atoms with van der Waals surface area (Å²) in [4.78, 5) is 15.9. The lowest BCUT2D eigenvalue weighted by atomic mass is 10.1. The lowest BCUT2D eigenvalue weighted by molar-refractivity contribution is 0.0615. The fourth-order valence-electron chi connectivity index (χ4n) is 3.28. The van der Waals surface area contributed by atoms with Gasteiger partial charge >= 0.3 is 0 Å². The maximum Gasteiger partial charge on any atom is 0.259 e. The summed E-state index contributed by atoms with van der Waals surface area (Å²) in [6.07, 6.45) is 0. The molecule has 1 aromatic heterocycles. The first kappa shape index (κ1) is 19.1. The molecule has 1 aliphatic heterocycles. The standard InChI is InChI=1S/C19H17F3N6O/c20-13-3-1-4-14(11-13)28-17(23-24-25-28)12-26-7-9-27(10-8-26)19(29)18-15(21)5-2-6-16(18)22/h1-6,11H,7-10,12H2. The molecule has 1 amide bonds. The lowest BCUT2D eigenvalue weighted by Gasteiger charge is -2.34. The van der Waals surface area contributed by atoms with E-state index in [1.807, 2.05) is 4.90 Å². The van der Waals surface area contributed by atoms with Crippen LogP contribution in [0.3, 0.4) is 0 Å². The van der Waals surface area contributed by atoms with Crippen LogP contribution in [0, 0.1) is 17.5 Å². The van der Waals surface area contributed by atoms with E-state index < -0.39 is 28.9 Å². The Balaban J connectivity index is 1.41. The van der Waals surface area contributed by atoms with Crippen LogP contribution in [0.15, 0.2) is 42.5 Å². The van der Waals surface area contributed by atoms with E-state index in [0.29, 0.717) is 44.2 Å². The third-order valence-corrected chi connectivity index (χ3v) is 4.79. The first-order valence-corrected chi connectivity index (χ1v) is 9.02. The Kier molecular flexibility index (Phi) is 5.26. The predicted octanol–water partition coefficient (Wildman–Crippen LogP) is 2.04. The van der Waals surface area contributed by atoms with Gasteiger partial charge in [-0.05, 0) is 40.8 Å². The van der Waals surface area contributed by atoms with E-state index in [0.717, 1.165) is 12.1 Å². The topological polar surface area (TPSA) is 67.2 Å². The van der Waals surface area contributed by atoms with Gasteiger partial charge in [-0.15, -0.1) is 5.10 Å². The van der Waals surface area contributed by atoms with Crippen molar-refractivity contribution < 1.29 is 18.0 Å². The van der Waals surface area contributed by atoms with Crippen LogP contribution in [-0.2, 0) is 6.54 Å². The average molecular weight is 402 g/mol. The molecule has 2 heterocycles. The highest BCUT2D eigenvalue weighted by Gasteiger charge is 2.27. The van der Waals surface area contributed by atoms with Gasteiger partial charge in [0.1, 0.15) is 23.0 Å². The molecule has 10 heteroatoms. The molecule has 1 fully saturated rings. The molecule has 29 heavy (non-hydrogen) atoms. The van der Waals surface area contributed by atoms with Crippen molar-refractivity contribution in [3.63, 3.8) is 0 Å². The van der Waals surface area contributed by atoms with Gasteiger partial charge in [-0.2, -0.15) is 4.68 Å². The molecule has 0 aliphatic carbocycles. The highest BCUT2D eigenvalue weighted by atomic mass is 19.1. The molecule has 1 saturated heterocycles. The third kappa shape index (κ3) is 3.97. The number of hydrogen-bond acceptors (Lipinski definition) is 5. The largest absolute Gasteiger partial charge is 0.336 e. The zero-order valence-electron chi connectivity index (χ0n) is 15.3. The van der Waals surface area contributed by atoms with Gasteiger partial charge in [0.25, 0.3) is 5.91 Å². The third-order valence-electron chi connectivity index (χ3n) is 4.79. The van der Waals surface area contributed by atoms with Crippen LogP contribution in [-0.4, -0.2) is 62.1 Å². The van der Waals surface area contributed by atoms with E-state index in [1.54, 1.807) is 12.1 Å². The van der Waals surface area contributed by atoms with Crippen LogP contribution < -0.4 is 0 Å². The summed E-state index contributed by atoms with van der Waals surface area (Å²) < 4.78 is 42.7. The first-order valence-electron chi connectivity index (χ1n) is 9.02. The zero-order valence-corrected chi connectivity index (χ0v) is 15.3. The maximum atomic E-state index is 13.9. The van der Waals surface area contributed by atoms with Gasteiger partial charge < -0.3 is 4.90 Å². The number of rotatable bonds is 4. The summed E-state index contributed by atoms with van der Waals surface area (Å²) >= 11 is 0. The Morgan fingerprint density at radius 2 is 1.66 bits per heavy atom. The second-order valence-corrected chi connectivity index (χ2v) is 6.65. The second kappa shape index (κ2) is 8.00. The Hall–Kier alpha value is -3.27. The molecule has 2 aromatic carbocycles. The van der Waals surface area contributed by atoms with Crippen LogP contribution in [0.2, 0.25) is 0 Å². The Labute approximate surface area is 164 Å². The summed E-state index contributed by atoms with van der Waals surface area (Å²) in [5.41, 5.74) is -0.0233. The molecule has 0 radical (unpaired) electrons. The van der Waals surface area contributed by atoms with Crippen molar-refractivity contribution in [1.82, 2.24) is 30.0 Å². The van der Waals surface area contributed by atoms with Gasteiger partial charge in [0.15, 0.2) is 5.82 Å². The summed E-state index contributed by atoms with van der Waals surface area (Å²) in [5.74, 6) is -2.27. The summed E-state index contributed by atoms with van der Waals surface area (Å²) in [6.45, 7) is 1.98. The molecule has 7 nitrogen and oxygen atoms in total. The predicted molar refractivity (Wildman–Crippen MR) is 96.7 cm³/mol. The summed E-state index contributed by atoms with van der Waals surface area (Å²) in [5, 5.41) is 11.6. The number of carbonyl (C=O) groups is 1. The number of amides is 1. The van der Waals surface area contributed by atoms with E-state index >= 15 is 0 Å². The number of aromatic nitrogens is 4. The van der Waals surface area contributed by atoms with E-state index in [9.17, 15) is 18.0 Å². The summed E-state index contributed by atoms with van der Waals surface area (Å²) in [7, 11) is 0. The van der Waals surface area contributed by atoms with E-state index in [-0.39, 0.29) is 0 Å². The minimum absolute atomic E-state index is 0.314. The van der Waals surface area contributed by atoms with E-state index in [2.05, 4.69) is 15.5 Å². The molecule has 0 N–H and O–H groups in total. The lowest BCUT2D eigenvalue weighted by Crippen LogP contribution is -2.48. The van der Waals surface area contributed by atoms with E-state index in [4.69, 9.17) is 0 Å². The molecule has 150 valence electrons. The molecule has 0 saturated carbocycles. The molecule has 0 unspecified atom stereocenters. The van der Waals surface area contributed by atoms with Gasteiger partial charge in [-0.25, -0.2) is 13.2 Å². The fourth-order valence-corrected chi connectivity index (χ4v) is 3.28. The Bertz CT molecular complexity index is 1010. The monoisotopic (exact) mass is 402 g/mol. The molecular weight excluding hydrogens is 385 g/mol. The molecule has 1 aliphatic rings. The van der Waals surface area contributed by atoms with Crippen LogP contribution in [0.4, 0.5) is 13.2 Å². The molecule has 0 atom stereocenters. The van der Waals surface area contributed by atoms with Crippen molar-refractivity contribution in [2.24, 2.45) is 0 Å². The number of carbonyl (C=O) groups excluding carboxylic acids is 1. The van der Waals surface area contributed by atoms with Crippen molar-refractivity contribution in [3.8, 4) is 5.69 Å². The van der Waals surface area contributed by atoms with E-state index in [1.165, 1.54) is 27.8 Å². The van der Waals surface area contributed by atoms with Crippen LogP contribution in [0.5, 0.6) is 0 Å². The van der Waals surface area contributed by atoms with Crippen molar-refractivity contribution in [2.75, 3.05) is 26.2 Å². The number of piperazine rings is 1. The molecular formula is C19H17F3N6O. The van der Waals surface area contributed by atoms with Gasteiger partial charge in [-0.1, -0.05) is 12.1 Å². The minimum atomic E-state index is -0.869. The first-order chi connectivity index (χ1) is 14.0. The molecule has 3 aromatic rings. The van der Waals surface area contributed by atoms with Crippen molar-refractivity contribution >= 4 is 5.91 Å². The fraction of sp³-hybridized carbons (Fsp3) is 0.263.